The highest BCUT2D eigenvalue weighted by atomic mass is 16.4. The van der Waals surface area contributed by atoms with Gasteiger partial charge in [-0.1, -0.05) is 6.07 Å². The molecule has 1 amide bonds. The van der Waals surface area contributed by atoms with Crippen LogP contribution in [0, 0.1) is 0 Å². The standard InChI is InChI=1S/C15H11N3O3.4H2O/c19-13(20)9-4-8-5-15(6-11(8)17-7-9)10-2-1-3-16-12(10)18-14(15)21;;;;/h1-4,7H,5-6H2,(H,19,20)(H,16,18,21);4*1H2. The normalized spacial score (nSPS) is 18.5. The number of fused-ring (bicyclic) bond motifs is 3. The minimum absolute atomic E-state index is 0. The lowest BCUT2D eigenvalue weighted by atomic mass is 9.80. The molecule has 25 heavy (non-hydrogen) atoms. The number of aromatic nitrogens is 2. The van der Waals surface area contributed by atoms with Crippen LogP contribution in [0.4, 0.5) is 5.82 Å². The second kappa shape index (κ2) is 7.32. The molecule has 2 aromatic heterocycles. The van der Waals surface area contributed by atoms with Crippen LogP contribution in [0.2, 0.25) is 0 Å². The van der Waals surface area contributed by atoms with Crippen molar-refractivity contribution < 1.29 is 36.6 Å². The van der Waals surface area contributed by atoms with Gasteiger partial charge in [-0.05, 0) is 24.1 Å². The van der Waals surface area contributed by atoms with Gasteiger partial charge in [0.1, 0.15) is 5.82 Å². The van der Waals surface area contributed by atoms with E-state index in [4.69, 9.17) is 5.11 Å². The van der Waals surface area contributed by atoms with E-state index in [9.17, 15) is 9.59 Å². The summed E-state index contributed by atoms with van der Waals surface area (Å²) < 4.78 is 0. The number of carbonyl (C=O) groups is 2. The number of amides is 1. The number of nitrogens with zero attached hydrogens (tertiary/aromatic N) is 2. The fourth-order valence-electron chi connectivity index (χ4n) is 3.23. The first-order valence-corrected chi connectivity index (χ1v) is 6.58. The number of hydrogen-bond donors (Lipinski definition) is 2. The number of pyridine rings is 2. The van der Waals surface area contributed by atoms with Crippen LogP contribution in [0.15, 0.2) is 30.6 Å². The van der Waals surface area contributed by atoms with Gasteiger partial charge >= 0.3 is 5.97 Å². The second-order valence-corrected chi connectivity index (χ2v) is 5.42. The first-order chi connectivity index (χ1) is 10.1. The molecule has 1 aliphatic carbocycles. The molecule has 0 aromatic carbocycles. The van der Waals surface area contributed by atoms with Gasteiger partial charge in [0.05, 0.1) is 11.0 Å². The lowest BCUT2D eigenvalue weighted by Crippen LogP contribution is -2.35. The third kappa shape index (κ3) is 2.94. The maximum Gasteiger partial charge on any atom is 0.337 e. The molecule has 2 aliphatic rings. The molecule has 2 aromatic rings. The van der Waals surface area contributed by atoms with Crippen LogP contribution >= 0.6 is 0 Å². The van der Waals surface area contributed by atoms with Gasteiger partial charge in [-0.2, -0.15) is 0 Å². The van der Waals surface area contributed by atoms with Gasteiger partial charge < -0.3 is 32.3 Å². The zero-order valence-corrected chi connectivity index (χ0v) is 13.0. The number of rotatable bonds is 1. The Hall–Kier alpha value is -2.92. The summed E-state index contributed by atoms with van der Waals surface area (Å²) in [5.41, 5.74) is 1.92. The Balaban J connectivity index is 0.00000144. The van der Waals surface area contributed by atoms with E-state index in [1.54, 1.807) is 18.3 Å². The van der Waals surface area contributed by atoms with Crippen LogP contribution < -0.4 is 5.32 Å². The van der Waals surface area contributed by atoms with Crippen molar-refractivity contribution in [3.63, 3.8) is 0 Å². The number of carbonyl (C=O) groups excluding carboxylic acids is 1. The summed E-state index contributed by atoms with van der Waals surface area (Å²) in [6.07, 6.45) is 3.92. The van der Waals surface area contributed by atoms with E-state index < -0.39 is 11.4 Å². The molecule has 0 bridgehead atoms. The number of anilines is 1. The van der Waals surface area contributed by atoms with Crippen LogP contribution in [0.3, 0.4) is 0 Å². The van der Waals surface area contributed by atoms with E-state index in [0.717, 1.165) is 16.8 Å². The number of carboxylic acids is 1. The van der Waals surface area contributed by atoms with Crippen molar-refractivity contribution in [2.24, 2.45) is 0 Å². The fraction of sp³-hybridized carbons (Fsp3) is 0.200. The van der Waals surface area contributed by atoms with Crippen molar-refractivity contribution in [1.29, 1.82) is 0 Å². The highest BCUT2D eigenvalue weighted by Crippen LogP contribution is 2.45. The number of carboxylic acid groups (broad SMARTS) is 1. The van der Waals surface area contributed by atoms with Gasteiger partial charge in [0.2, 0.25) is 5.91 Å². The van der Waals surface area contributed by atoms with Crippen LogP contribution in [0.25, 0.3) is 0 Å². The smallest absolute Gasteiger partial charge is 0.337 e. The van der Waals surface area contributed by atoms with Gasteiger partial charge in [-0.25, -0.2) is 9.78 Å². The lowest BCUT2D eigenvalue weighted by molar-refractivity contribution is -0.120. The average Bonchev–Trinajstić information content (AvgIpc) is 2.98. The molecule has 0 radical (unpaired) electrons. The molecule has 4 rings (SSSR count). The molecule has 3 heterocycles. The summed E-state index contributed by atoms with van der Waals surface area (Å²) in [7, 11) is 0. The minimum atomic E-state index is -1.01. The molecule has 10 N–H and O–H groups in total. The van der Waals surface area contributed by atoms with Crippen LogP contribution in [0.1, 0.15) is 27.2 Å². The zero-order chi connectivity index (χ0) is 14.6. The molecule has 0 saturated carbocycles. The van der Waals surface area contributed by atoms with Crippen LogP contribution in [-0.2, 0) is 23.1 Å². The second-order valence-electron chi connectivity index (χ2n) is 5.42. The number of nitrogens with one attached hydrogen (secondary N) is 1. The maximum atomic E-state index is 12.4. The average molecular weight is 353 g/mol. The first kappa shape index (κ1) is 22.1. The Kier molecular flexibility index (Phi) is 6.46. The van der Waals surface area contributed by atoms with Crippen molar-refractivity contribution >= 4 is 17.7 Å². The Bertz CT molecular complexity index is 811. The Morgan fingerprint density at radius 3 is 2.56 bits per heavy atom. The molecular formula is C15H19N3O7. The molecule has 1 aliphatic heterocycles. The van der Waals surface area contributed by atoms with Gasteiger partial charge in [-0.3, -0.25) is 9.78 Å². The molecule has 0 fully saturated rings. The van der Waals surface area contributed by atoms with Crippen molar-refractivity contribution in [2.45, 2.75) is 18.3 Å². The Labute approximate surface area is 141 Å². The van der Waals surface area contributed by atoms with Crippen molar-refractivity contribution in [2.75, 3.05) is 5.32 Å². The highest BCUT2D eigenvalue weighted by Gasteiger charge is 2.51. The molecule has 0 saturated heterocycles. The van der Waals surface area contributed by atoms with Gasteiger partial charge in [0, 0.05) is 30.1 Å². The topological polar surface area (TPSA) is 218 Å². The fourth-order valence-corrected chi connectivity index (χ4v) is 3.23. The van der Waals surface area contributed by atoms with E-state index >= 15 is 0 Å². The largest absolute Gasteiger partial charge is 0.478 e. The Morgan fingerprint density at radius 2 is 1.88 bits per heavy atom. The third-order valence-electron chi connectivity index (χ3n) is 4.26. The Morgan fingerprint density at radius 1 is 1.16 bits per heavy atom. The highest BCUT2D eigenvalue weighted by molar-refractivity contribution is 6.06. The lowest BCUT2D eigenvalue weighted by Gasteiger charge is -2.19. The third-order valence-corrected chi connectivity index (χ3v) is 4.26. The van der Waals surface area contributed by atoms with Crippen LogP contribution in [0.5, 0.6) is 0 Å². The molecule has 1 atom stereocenters. The molecular weight excluding hydrogens is 334 g/mol. The summed E-state index contributed by atoms with van der Waals surface area (Å²) in [6, 6.07) is 5.31. The predicted molar refractivity (Wildman–Crippen MR) is 87.6 cm³/mol. The molecule has 1 unspecified atom stereocenters. The minimum Gasteiger partial charge on any atom is -0.478 e. The number of aromatic carboxylic acids is 1. The first-order valence-electron chi connectivity index (χ1n) is 6.58. The summed E-state index contributed by atoms with van der Waals surface area (Å²) in [5, 5.41) is 11.9. The predicted octanol–water partition coefficient (Wildman–Crippen LogP) is -2.14. The summed E-state index contributed by atoms with van der Waals surface area (Å²) in [6.45, 7) is 0. The van der Waals surface area contributed by atoms with E-state index in [2.05, 4.69) is 15.3 Å². The van der Waals surface area contributed by atoms with Gasteiger partial charge in [0.15, 0.2) is 0 Å². The van der Waals surface area contributed by atoms with E-state index in [0.29, 0.717) is 18.7 Å². The maximum absolute atomic E-state index is 12.4. The summed E-state index contributed by atoms with van der Waals surface area (Å²) in [5.74, 6) is -0.510. The SMILES string of the molecule is O.O.O.O.O=C(O)c1cnc2c(c1)CC1(C2)C(=O)Nc2ncccc21. The number of hydrogen-bond acceptors (Lipinski definition) is 4. The van der Waals surface area contributed by atoms with Gasteiger partial charge in [-0.15, -0.1) is 0 Å². The van der Waals surface area contributed by atoms with Gasteiger partial charge in [0.25, 0.3) is 0 Å². The van der Waals surface area contributed by atoms with E-state index in [1.165, 1.54) is 6.20 Å². The van der Waals surface area contributed by atoms with Crippen molar-refractivity contribution in [3.8, 4) is 0 Å². The monoisotopic (exact) mass is 353 g/mol. The molecule has 136 valence electrons. The van der Waals surface area contributed by atoms with E-state index in [1.807, 2.05) is 6.07 Å². The molecule has 1 spiro atoms. The summed E-state index contributed by atoms with van der Waals surface area (Å²) >= 11 is 0. The van der Waals surface area contributed by atoms with Crippen molar-refractivity contribution in [1.82, 2.24) is 9.97 Å². The van der Waals surface area contributed by atoms with Crippen molar-refractivity contribution in [3.05, 3.63) is 53.0 Å². The zero-order valence-electron chi connectivity index (χ0n) is 13.0. The molecule has 10 heteroatoms. The molecule has 10 nitrogen and oxygen atoms in total. The van der Waals surface area contributed by atoms with E-state index in [-0.39, 0.29) is 33.4 Å². The summed E-state index contributed by atoms with van der Waals surface area (Å²) in [4.78, 5) is 31.9. The quantitative estimate of drug-likeness (QED) is 0.584. The van der Waals surface area contributed by atoms with Crippen LogP contribution in [-0.4, -0.2) is 48.9 Å².